The van der Waals surface area contributed by atoms with Crippen molar-refractivity contribution >= 4 is 34.5 Å². The Labute approximate surface area is 144 Å². The smallest absolute Gasteiger partial charge is 0.250 e. The number of imidazole rings is 1. The van der Waals surface area contributed by atoms with Crippen molar-refractivity contribution in [3.05, 3.63) is 53.6 Å². The number of nitrogens with zero attached hydrogens (tertiary/aromatic N) is 2. The summed E-state index contributed by atoms with van der Waals surface area (Å²) in [5.74, 6) is 0.0968. The lowest BCUT2D eigenvalue weighted by Crippen LogP contribution is -2.23. The predicted molar refractivity (Wildman–Crippen MR) is 96.6 cm³/mol. The number of hydrogen-bond donors (Lipinski definition) is 2. The maximum Gasteiger partial charge on any atom is 0.250 e. The number of nitrogens with one attached hydrogen (secondary N) is 2. The summed E-state index contributed by atoms with van der Waals surface area (Å²) in [7, 11) is 0. The van der Waals surface area contributed by atoms with Crippen LogP contribution in [0.5, 0.6) is 0 Å². The van der Waals surface area contributed by atoms with E-state index in [4.69, 9.17) is 0 Å². The molecule has 0 spiro atoms. The minimum atomic E-state index is -0.590. The highest BCUT2D eigenvalue weighted by Gasteiger charge is 2.34. The van der Waals surface area contributed by atoms with E-state index in [2.05, 4.69) is 15.6 Å². The molecule has 126 valence electrons. The van der Waals surface area contributed by atoms with Gasteiger partial charge in [0.2, 0.25) is 17.8 Å². The van der Waals surface area contributed by atoms with Crippen LogP contribution in [-0.4, -0.2) is 21.4 Å². The molecular formula is C19H18N4O2. The summed E-state index contributed by atoms with van der Waals surface area (Å²) in [6.07, 6.45) is 0.0621. The van der Waals surface area contributed by atoms with E-state index in [1.165, 1.54) is 0 Å². The Balaban J connectivity index is 1.60. The van der Waals surface area contributed by atoms with Gasteiger partial charge in [0.1, 0.15) is 6.04 Å². The summed E-state index contributed by atoms with van der Waals surface area (Å²) in [6, 6.07) is 12.9. The average Bonchev–Trinajstić information content (AvgIpc) is 3.07. The van der Waals surface area contributed by atoms with Crippen LogP contribution < -0.4 is 10.6 Å². The van der Waals surface area contributed by atoms with E-state index in [1.807, 2.05) is 56.3 Å². The third-order valence-electron chi connectivity index (χ3n) is 4.49. The SMILES string of the molecule is Cc1ccc(C)c(NC(=O)C[C@@H]2C(=O)Nc3nc4ccccc4n32)c1. The van der Waals surface area contributed by atoms with Gasteiger partial charge in [-0.2, -0.15) is 0 Å². The number of hydrogen-bond acceptors (Lipinski definition) is 3. The highest BCUT2D eigenvalue weighted by atomic mass is 16.2. The van der Waals surface area contributed by atoms with Crippen LogP contribution in [0.2, 0.25) is 0 Å². The summed E-state index contributed by atoms with van der Waals surface area (Å²) in [5, 5.41) is 5.68. The highest BCUT2D eigenvalue weighted by molar-refractivity contribution is 6.03. The van der Waals surface area contributed by atoms with Crippen LogP contribution in [0.15, 0.2) is 42.5 Å². The molecule has 1 atom stereocenters. The van der Waals surface area contributed by atoms with Crippen molar-refractivity contribution in [3.8, 4) is 0 Å². The van der Waals surface area contributed by atoms with Crippen LogP contribution in [-0.2, 0) is 9.59 Å². The Kier molecular flexibility index (Phi) is 3.53. The number of aryl methyl sites for hydroxylation is 2. The summed E-state index contributed by atoms with van der Waals surface area (Å²) in [4.78, 5) is 29.2. The normalized spacial score (nSPS) is 15.9. The lowest BCUT2D eigenvalue weighted by Gasteiger charge is -2.13. The molecule has 2 heterocycles. The van der Waals surface area contributed by atoms with Gasteiger partial charge in [-0.25, -0.2) is 4.98 Å². The number of benzene rings is 2. The van der Waals surface area contributed by atoms with E-state index >= 15 is 0 Å². The molecule has 0 bridgehead atoms. The number of fused-ring (bicyclic) bond motifs is 3. The summed E-state index contributed by atoms with van der Waals surface area (Å²) >= 11 is 0. The quantitative estimate of drug-likeness (QED) is 0.772. The molecular weight excluding hydrogens is 316 g/mol. The maximum atomic E-state index is 12.5. The zero-order valence-electron chi connectivity index (χ0n) is 14.0. The molecule has 2 N–H and O–H groups in total. The monoisotopic (exact) mass is 334 g/mol. The van der Waals surface area contributed by atoms with E-state index in [-0.39, 0.29) is 18.2 Å². The molecule has 0 unspecified atom stereocenters. The minimum Gasteiger partial charge on any atom is -0.326 e. The average molecular weight is 334 g/mol. The molecule has 1 aliphatic rings. The lowest BCUT2D eigenvalue weighted by atomic mass is 10.1. The molecule has 1 aromatic heterocycles. The van der Waals surface area contributed by atoms with Gasteiger partial charge >= 0.3 is 0 Å². The molecule has 3 aromatic rings. The molecule has 0 radical (unpaired) electrons. The third-order valence-corrected chi connectivity index (χ3v) is 4.49. The summed E-state index contributed by atoms with van der Waals surface area (Å²) in [6.45, 7) is 3.92. The lowest BCUT2D eigenvalue weighted by molar-refractivity contribution is -0.123. The van der Waals surface area contributed by atoms with Crippen LogP contribution >= 0.6 is 0 Å². The van der Waals surface area contributed by atoms with Crippen LogP contribution in [0.3, 0.4) is 0 Å². The van der Waals surface area contributed by atoms with Gasteiger partial charge in [0.15, 0.2) is 0 Å². The molecule has 0 fully saturated rings. The van der Waals surface area contributed by atoms with Crippen molar-refractivity contribution in [2.24, 2.45) is 0 Å². The van der Waals surface area contributed by atoms with Gasteiger partial charge in [0, 0.05) is 5.69 Å². The zero-order valence-corrected chi connectivity index (χ0v) is 14.0. The highest BCUT2D eigenvalue weighted by Crippen LogP contribution is 2.32. The Morgan fingerprint density at radius 1 is 1.24 bits per heavy atom. The number of carbonyl (C=O) groups excluding carboxylic acids is 2. The van der Waals surface area contributed by atoms with Gasteiger partial charge in [-0.05, 0) is 43.2 Å². The standard InChI is InChI=1S/C19H18N4O2/c1-11-7-8-12(2)14(9-11)20-17(24)10-16-18(25)22-19-21-13-5-3-4-6-15(13)23(16)19/h3-9,16H,10H2,1-2H3,(H,20,24)(H,21,22,25)/t16-/m1/s1. The zero-order chi connectivity index (χ0) is 17.6. The van der Waals surface area contributed by atoms with Crippen molar-refractivity contribution in [1.29, 1.82) is 0 Å². The molecule has 0 aliphatic carbocycles. The van der Waals surface area contributed by atoms with Crippen LogP contribution in [0, 0.1) is 13.8 Å². The third kappa shape index (κ3) is 2.65. The molecule has 1 aliphatic heterocycles. The number of carbonyl (C=O) groups is 2. The minimum absolute atomic E-state index is 0.0621. The topological polar surface area (TPSA) is 76.0 Å². The molecule has 0 saturated carbocycles. The van der Waals surface area contributed by atoms with Crippen molar-refractivity contribution in [1.82, 2.24) is 9.55 Å². The number of amides is 2. The predicted octanol–water partition coefficient (Wildman–Crippen LogP) is 3.18. The second kappa shape index (κ2) is 5.73. The maximum absolute atomic E-state index is 12.5. The largest absolute Gasteiger partial charge is 0.326 e. The number of anilines is 2. The fourth-order valence-electron chi connectivity index (χ4n) is 3.19. The van der Waals surface area contributed by atoms with E-state index < -0.39 is 6.04 Å². The molecule has 25 heavy (non-hydrogen) atoms. The number of para-hydroxylation sites is 2. The van der Waals surface area contributed by atoms with Crippen molar-refractivity contribution in [3.63, 3.8) is 0 Å². The van der Waals surface area contributed by atoms with Crippen molar-refractivity contribution in [2.45, 2.75) is 26.3 Å². The van der Waals surface area contributed by atoms with Crippen LogP contribution in [0.1, 0.15) is 23.6 Å². The second-order valence-corrected chi connectivity index (χ2v) is 6.37. The first-order valence-corrected chi connectivity index (χ1v) is 8.18. The molecule has 6 nitrogen and oxygen atoms in total. The fourth-order valence-corrected chi connectivity index (χ4v) is 3.19. The first-order valence-electron chi connectivity index (χ1n) is 8.18. The van der Waals surface area contributed by atoms with E-state index in [1.54, 1.807) is 4.57 Å². The summed E-state index contributed by atoms with van der Waals surface area (Å²) in [5.41, 5.74) is 4.49. The van der Waals surface area contributed by atoms with E-state index in [0.717, 1.165) is 27.8 Å². The number of aromatic nitrogens is 2. The fraction of sp³-hybridized carbons (Fsp3) is 0.211. The van der Waals surface area contributed by atoms with Gasteiger partial charge in [0.25, 0.3) is 0 Å². The first-order chi connectivity index (χ1) is 12.0. The van der Waals surface area contributed by atoms with Gasteiger partial charge in [0.05, 0.1) is 17.5 Å². The Morgan fingerprint density at radius 3 is 2.88 bits per heavy atom. The molecule has 6 heteroatoms. The van der Waals surface area contributed by atoms with Gasteiger partial charge in [-0.1, -0.05) is 24.3 Å². The van der Waals surface area contributed by atoms with Crippen molar-refractivity contribution < 1.29 is 9.59 Å². The summed E-state index contributed by atoms with van der Waals surface area (Å²) < 4.78 is 1.81. The molecule has 2 amide bonds. The Morgan fingerprint density at radius 2 is 2.04 bits per heavy atom. The first kappa shape index (κ1) is 15.4. The van der Waals surface area contributed by atoms with E-state index in [0.29, 0.717) is 5.95 Å². The second-order valence-electron chi connectivity index (χ2n) is 6.37. The number of rotatable bonds is 3. The molecule has 2 aromatic carbocycles. The van der Waals surface area contributed by atoms with Crippen LogP contribution in [0.4, 0.5) is 11.6 Å². The van der Waals surface area contributed by atoms with E-state index in [9.17, 15) is 9.59 Å². The Bertz CT molecular complexity index is 1010. The Hall–Kier alpha value is -3.15. The molecule has 0 saturated heterocycles. The van der Waals surface area contributed by atoms with Crippen LogP contribution in [0.25, 0.3) is 11.0 Å². The van der Waals surface area contributed by atoms with Crippen molar-refractivity contribution in [2.75, 3.05) is 10.6 Å². The van der Waals surface area contributed by atoms with Gasteiger partial charge in [-0.15, -0.1) is 0 Å². The van der Waals surface area contributed by atoms with Gasteiger partial charge in [-0.3, -0.25) is 19.5 Å². The van der Waals surface area contributed by atoms with Gasteiger partial charge < -0.3 is 5.32 Å². The molecule has 4 rings (SSSR count).